The molecule has 0 aromatic heterocycles. The van der Waals surface area contributed by atoms with Crippen LogP contribution in [-0.2, 0) is 20.2 Å². The molecule has 0 aliphatic carbocycles. The van der Waals surface area contributed by atoms with Crippen molar-refractivity contribution in [2.75, 3.05) is 10.8 Å². The van der Waals surface area contributed by atoms with Crippen LogP contribution in [0.5, 0.6) is 0 Å². The molecule has 0 spiro atoms. The molecule has 0 aliphatic heterocycles. The molecule has 3 rings (SSSR count). The van der Waals surface area contributed by atoms with Gasteiger partial charge in [0.1, 0.15) is 6.54 Å². The molecular formula is C26H29N3O3S. The number of anilines is 1. The first-order valence-corrected chi connectivity index (χ1v) is 12.1. The van der Waals surface area contributed by atoms with Crippen molar-refractivity contribution in [1.29, 1.82) is 0 Å². The van der Waals surface area contributed by atoms with Gasteiger partial charge in [0, 0.05) is 5.71 Å². The number of amides is 1. The Bertz CT molecular complexity index is 1190. The first-order chi connectivity index (χ1) is 15.7. The first-order valence-electron chi connectivity index (χ1n) is 10.7. The summed E-state index contributed by atoms with van der Waals surface area (Å²) in [5, 5.41) is 4.23. The molecule has 172 valence electrons. The summed E-state index contributed by atoms with van der Waals surface area (Å²) in [4.78, 5) is 12.8. The largest absolute Gasteiger partial charge is 0.271 e. The number of carbonyl (C=O) groups is 1. The number of hydrogen-bond acceptors (Lipinski definition) is 4. The highest BCUT2D eigenvalue weighted by Gasteiger charge is 2.27. The van der Waals surface area contributed by atoms with Crippen LogP contribution in [0.25, 0.3) is 0 Å². The van der Waals surface area contributed by atoms with Crippen molar-refractivity contribution in [2.45, 2.75) is 37.5 Å². The Balaban J connectivity index is 1.75. The van der Waals surface area contributed by atoms with Gasteiger partial charge < -0.3 is 0 Å². The molecule has 33 heavy (non-hydrogen) atoms. The van der Waals surface area contributed by atoms with Crippen LogP contribution in [0.15, 0.2) is 101 Å². The van der Waals surface area contributed by atoms with Crippen LogP contribution in [0.1, 0.15) is 32.8 Å². The third kappa shape index (κ3) is 6.29. The van der Waals surface area contributed by atoms with E-state index in [0.29, 0.717) is 12.1 Å². The van der Waals surface area contributed by atoms with E-state index in [1.165, 1.54) is 17.7 Å². The van der Waals surface area contributed by atoms with Crippen LogP contribution in [0, 0.1) is 0 Å². The number of para-hydroxylation sites is 1. The van der Waals surface area contributed by atoms with Gasteiger partial charge >= 0.3 is 0 Å². The van der Waals surface area contributed by atoms with E-state index in [0.717, 1.165) is 10.0 Å². The lowest BCUT2D eigenvalue weighted by Gasteiger charge is -2.25. The highest BCUT2D eigenvalue weighted by Crippen LogP contribution is 2.27. The molecule has 0 unspecified atom stereocenters. The number of benzene rings is 3. The van der Waals surface area contributed by atoms with E-state index in [9.17, 15) is 13.2 Å². The Morgan fingerprint density at radius 3 is 1.97 bits per heavy atom. The summed E-state index contributed by atoms with van der Waals surface area (Å²) in [5.74, 6) is -0.518. The Morgan fingerprint density at radius 2 is 1.39 bits per heavy atom. The summed E-state index contributed by atoms with van der Waals surface area (Å²) in [7, 11) is -3.93. The first kappa shape index (κ1) is 24.2. The number of sulfonamides is 1. The number of hydrogen-bond donors (Lipinski definition) is 1. The second-order valence-corrected chi connectivity index (χ2v) is 10.3. The molecule has 1 N–H and O–H groups in total. The fraction of sp³-hybridized carbons (Fsp3) is 0.231. The maximum absolute atomic E-state index is 13.3. The molecule has 0 atom stereocenters. The second kappa shape index (κ2) is 10.4. The molecule has 0 saturated carbocycles. The Hall–Kier alpha value is -3.45. The van der Waals surface area contributed by atoms with E-state index < -0.39 is 15.9 Å². The van der Waals surface area contributed by atoms with Crippen molar-refractivity contribution in [3.63, 3.8) is 0 Å². The van der Waals surface area contributed by atoms with Gasteiger partial charge in [0.15, 0.2) is 0 Å². The summed E-state index contributed by atoms with van der Waals surface area (Å²) in [5.41, 5.74) is 4.69. The van der Waals surface area contributed by atoms with Gasteiger partial charge in [-0.05, 0) is 48.6 Å². The van der Waals surface area contributed by atoms with Crippen molar-refractivity contribution in [2.24, 2.45) is 5.10 Å². The summed E-state index contributed by atoms with van der Waals surface area (Å²) in [6, 6.07) is 26.7. The number of nitrogens with one attached hydrogen (secondary N) is 1. The molecule has 6 nitrogen and oxygen atoms in total. The lowest BCUT2D eigenvalue weighted by molar-refractivity contribution is -0.119. The van der Waals surface area contributed by atoms with Gasteiger partial charge in [0.25, 0.3) is 15.9 Å². The SMILES string of the molecule is C/C(CC(C)(C)c1ccccc1)=N/NC(=O)CN(c1ccccc1)S(=O)(=O)c1ccccc1. The molecule has 1 amide bonds. The molecular weight excluding hydrogens is 434 g/mol. The van der Waals surface area contributed by atoms with Gasteiger partial charge in [-0.3, -0.25) is 9.10 Å². The zero-order chi connectivity index (χ0) is 23.9. The van der Waals surface area contributed by atoms with Gasteiger partial charge in [0.05, 0.1) is 10.6 Å². The predicted molar refractivity (Wildman–Crippen MR) is 133 cm³/mol. The average molecular weight is 464 g/mol. The molecule has 0 aliphatic rings. The van der Waals surface area contributed by atoms with Gasteiger partial charge in [-0.25, -0.2) is 13.8 Å². The van der Waals surface area contributed by atoms with Crippen LogP contribution in [0.2, 0.25) is 0 Å². The van der Waals surface area contributed by atoms with E-state index in [4.69, 9.17) is 0 Å². The van der Waals surface area contributed by atoms with Crippen LogP contribution < -0.4 is 9.73 Å². The van der Waals surface area contributed by atoms with E-state index in [-0.39, 0.29) is 16.9 Å². The van der Waals surface area contributed by atoms with Crippen molar-refractivity contribution in [3.8, 4) is 0 Å². The average Bonchev–Trinajstić information content (AvgIpc) is 2.82. The van der Waals surface area contributed by atoms with Crippen LogP contribution in [0.4, 0.5) is 5.69 Å². The predicted octanol–water partition coefficient (Wildman–Crippen LogP) is 4.74. The monoisotopic (exact) mass is 463 g/mol. The third-order valence-electron chi connectivity index (χ3n) is 5.29. The maximum atomic E-state index is 13.3. The third-order valence-corrected chi connectivity index (χ3v) is 7.08. The standard InChI is InChI=1S/C26H29N3O3S/c1-21(19-26(2,3)22-13-7-4-8-14-22)27-28-25(30)20-29(23-15-9-5-10-16-23)33(31,32)24-17-11-6-12-18-24/h4-18H,19-20H2,1-3H3,(H,28,30)/b27-21-. The van der Waals surface area contributed by atoms with E-state index >= 15 is 0 Å². The molecule has 3 aromatic carbocycles. The fourth-order valence-electron chi connectivity index (χ4n) is 3.62. The summed E-state index contributed by atoms with van der Waals surface area (Å²) < 4.78 is 27.6. The van der Waals surface area contributed by atoms with Gasteiger partial charge in [-0.2, -0.15) is 5.10 Å². The van der Waals surface area contributed by atoms with Crippen LogP contribution in [0.3, 0.4) is 0 Å². The Labute approximate surface area is 196 Å². The molecule has 0 bridgehead atoms. The minimum absolute atomic E-state index is 0.117. The zero-order valence-electron chi connectivity index (χ0n) is 19.1. The van der Waals surface area contributed by atoms with Gasteiger partial charge in [-0.15, -0.1) is 0 Å². The second-order valence-electron chi connectivity index (χ2n) is 8.47. The summed E-state index contributed by atoms with van der Waals surface area (Å²) >= 11 is 0. The quantitative estimate of drug-likeness (QED) is 0.368. The molecule has 3 aromatic rings. The highest BCUT2D eigenvalue weighted by molar-refractivity contribution is 7.92. The Morgan fingerprint density at radius 1 is 0.879 bits per heavy atom. The van der Waals surface area contributed by atoms with Crippen molar-refractivity contribution in [1.82, 2.24) is 5.43 Å². The van der Waals surface area contributed by atoms with Crippen molar-refractivity contribution < 1.29 is 13.2 Å². The van der Waals surface area contributed by atoms with Crippen molar-refractivity contribution >= 4 is 27.3 Å². The summed E-state index contributed by atoms with van der Waals surface area (Å²) in [6.07, 6.45) is 0.641. The van der Waals surface area contributed by atoms with E-state index in [1.807, 2.05) is 25.1 Å². The summed E-state index contributed by atoms with van der Waals surface area (Å²) in [6.45, 7) is 5.69. The van der Waals surface area contributed by atoms with Crippen LogP contribution >= 0.6 is 0 Å². The lowest BCUT2D eigenvalue weighted by atomic mass is 9.80. The minimum atomic E-state index is -3.93. The van der Waals surface area contributed by atoms with Crippen LogP contribution in [-0.4, -0.2) is 26.6 Å². The lowest BCUT2D eigenvalue weighted by Crippen LogP contribution is -2.39. The molecule has 7 heteroatoms. The molecule has 0 heterocycles. The molecule has 0 fully saturated rings. The number of carbonyl (C=O) groups excluding carboxylic acids is 1. The smallest absolute Gasteiger partial charge is 0.264 e. The maximum Gasteiger partial charge on any atom is 0.264 e. The number of nitrogens with zero attached hydrogens (tertiary/aromatic N) is 2. The topological polar surface area (TPSA) is 78.8 Å². The molecule has 0 saturated heterocycles. The minimum Gasteiger partial charge on any atom is -0.271 e. The fourth-order valence-corrected chi connectivity index (χ4v) is 5.07. The number of rotatable bonds is 9. The zero-order valence-corrected chi connectivity index (χ0v) is 19.9. The highest BCUT2D eigenvalue weighted by atomic mass is 32.2. The van der Waals surface area contributed by atoms with Crippen molar-refractivity contribution in [3.05, 3.63) is 96.6 Å². The van der Waals surface area contributed by atoms with E-state index in [1.54, 1.807) is 48.5 Å². The van der Waals surface area contributed by atoms with E-state index in [2.05, 4.69) is 36.5 Å². The van der Waals surface area contributed by atoms with Gasteiger partial charge in [-0.1, -0.05) is 80.6 Å². The molecule has 0 radical (unpaired) electrons. The normalized spacial score (nSPS) is 12.3. The Kier molecular flexibility index (Phi) is 7.66. The van der Waals surface area contributed by atoms with Gasteiger partial charge in [0.2, 0.25) is 0 Å². The number of hydrazone groups is 1.